The summed E-state index contributed by atoms with van der Waals surface area (Å²) >= 11 is 0. The molecule has 0 atom stereocenters. The molecule has 0 unspecified atom stereocenters. The number of benzene rings is 1. The molecule has 1 aromatic carbocycles. The number of nitrogens with zero attached hydrogens (tertiary/aromatic N) is 5. The van der Waals surface area contributed by atoms with Gasteiger partial charge in [-0.3, -0.25) is 9.12 Å². The van der Waals surface area contributed by atoms with Crippen LogP contribution in [0.15, 0.2) is 54.1 Å². The second kappa shape index (κ2) is 7.21. The van der Waals surface area contributed by atoms with Gasteiger partial charge in [-0.2, -0.15) is 8.42 Å². The molecule has 9 nitrogen and oxygen atoms in total. The molecular formula is C19H20N6O3S. The van der Waals surface area contributed by atoms with E-state index in [4.69, 9.17) is 4.74 Å². The highest BCUT2D eigenvalue weighted by molar-refractivity contribution is 7.92. The van der Waals surface area contributed by atoms with E-state index < -0.39 is 10.0 Å². The fraction of sp³-hybridized carbons (Fsp3) is 0.211. The summed E-state index contributed by atoms with van der Waals surface area (Å²) in [6, 6.07) is 7.00. The monoisotopic (exact) mass is 412 g/mol. The van der Waals surface area contributed by atoms with Crippen molar-refractivity contribution in [1.82, 2.24) is 23.9 Å². The summed E-state index contributed by atoms with van der Waals surface area (Å²) in [5.41, 5.74) is 1.70. The van der Waals surface area contributed by atoms with Gasteiger partial charge in [0.05, 0.1) is 18.5 Å². The molecule has 29 heavy (non-hydrogen) atoms. The molecule has 1 N–H and O–H groups in total. The molecule has 3 heterocycles. The third kappa shape index (κ3) is 3.54. The zero-order chi connectivity index (χ0) is 20.6. The van der Waals surface area contributed by atoms with Crippen molar-refractivity contribution < 1.29 is 13.2 Å². The van der Waals surface area contributed by atoms with Crippen molar-refractivity contribution in [2.75, 3.05) is 11.8 Å². The number of methoxy groups -OCH3 is 1. The maximum atomic E-state index is 12.9. The van der Waals surface area contributed by atoms with E-state index in [0.717, 1.165) is 5.56 Å². The van der Waals surface area contributed by atoms with Crippen molar-refractivity contribution in [2.24, 2.45) is 0 Å². The van der Waals surface area contributed by atoms with Crippen molar-refractivity contribution in [3.05, 3.63) is 54.9 Å². The van der Waals surface area contributed by atoms with E-state index >= 15 is 0 Å². The second-order valence-corrected chi connectivity index (χ2v) is 8.02. The molecular weight excluding hydrogens is 392 g/mol. The Bertz CT molecular complexity index is 1260. The van der Waals surface area contributed by atoms with E-state index in [1.165, 1.54) is 13.3 Å². The van der Waals surface area contributed by atoms with Gasteiger partial charge >= 0.3 is 0 Å². The van der Waals surface area contributed by atoms with Gasteiger partial charge in [-0.1, -0.05) is 0 Å². The molecule has 150 valence electrons. The predicted molar refractivity (Wildman–Crippen MR) is 108 cm³/mol. The number of anilines is 1. The first kappa shape index (κ1) is 18.9. The Balaban J connectivity index is 1.73. The number of aryl methyl sites for hydroxylation is 2. The van der Waals surface area contributed by atoms with Crippen LogP contribution in [0, 0.1) is 6.92 Å². The quantitative estimate of drug-likeness (QED) is 0.522. The smallest absolute Gasteiger partial charge is 0.281 e. The van der Waals surface area contributed by atoms with Crippen LogP contribution in [0.5, 0.6) is 5.75 Å². The predicted octanol–water partition coefficient (Wildman–Crippen LogP) is 2.73. The molecule has 3 aromatic heterocycles. The van der Waals surface area contributed by atoms with E-state index in [0.29, 0.717) is 35.3 Å². The number of imidazole rings is 2. The lowest BCUT2D eigenvalue weighted by Gasteiger charge is -2.12. The van der Waals surface area contributed by atoms with E-state index in [9.17, 15) is 8.42 Å². The average Bonchev–Trinajstić information content (AvgIpc) is 3.31. The molecule has 0 aliphatic heterocycles. The minimum atomic E-state index is -3.88. The summed E-state index contributed by atoms with van der Waals surface area (Å²) in [6.07, 6.45) is 6.85. The highest BCUT2D eigenvalue weighted by Crippen LogP contribution is 2.32. The first-order chi connectivity index (χ1) is 13.9. The summed E-state index contributed by atoms with van der Waals surface area (Å²) in [5.74, 6) is 1.58. The molecule has 0 amide bonds. The van der Waals surface area contributed by atoms with Gasteiger partial charge in [0, 0.05) is 36.9 Å². The highest BCUT2D eigenvalue weighted by atomic mass is 32.2. The maximum absolute atomic E-state index is 12.9. The van der Waals surface area contributed by atoms with Gasteiger partial charge in [-0.15, -0.1) is 0 Å². The molecule has 0 aliphatic carbocycles. The second-order valence-electron chi connectivity index (χ2n) is 6.39. The van der Waals surface area contributed by atoms with Crippen molar-refractivity contribution in [3.63, 3.8) is 0 Å². The molecule has 0 fully saturated rings. The van der Waals surface area contributed by atoms with Crippen molar-refractivity contribution in [1.29, 1.82) is 0 Å². The molecule has 0 bridgehead atoms. The van der Waals surface area contributed by atoms with Crippen LogP contribution in [-0.4, -0.2) is 39.4 Å². The van der Waals surface area contributed by atoms with Crippen LogP contribution in [0.4, 0.5) is 5.69 Å². The van der Waals surface area contributed by atoms with Crippen LogP contribution in [-0.2, 0) is 16.6 Å². The normalized spacial score (nSPS) is 11.7. The maximum Gasteiger partial charge on any atom is 0.281 e. The van der Waals surface area contributed by atoms with E-state index in [-0.39, 0.29) is 5.03 Å². The Kier molecular flexibility index (Phi) is 4.71. The number of hydrogen-bond acceptors (Lipinski definition) is 6. The van der Waals surface area contributed by atoms with Crippen LogP contribution in [0.1, 0.15) is 12.7 Å². The van der Waals surface area contributed by atoms with Crippen LogP contribution < -0.4 is 9.46 Å². The van der Waals surface area contributed by atoms with Gasteiger partial charge in [-0.25, -0.2) is 15.0 Å². The van der Waals surface area contributed by atoms with Crippen LogP contribution in [0.3, 0.4) is 0 Å². The third-order valence-electron chi connectivity index (χ3n) is 4.55. The summed E-state index contributed by atoms with van der Waals surface area (Å²) in [4.78, 5) is 12.8. The van der Waals surface area contributed by atoms with Crippen LogP contribution in [0.2, 0.25) is 0 Å². The minimum Gasteiger partial charge on any atom is -0.495 e. The summed E-state index contributed by atoms with van der Waals surface area (Å²) in [6.45, 7) is 4.32. The van der Waals surface area contributed by atoms with Crippen molar-refractivity contribution >= 4 is 21.5 Å². The number of aromatic nitrogens is 5. The largest absolute Gasteiger partial charge is 0.495 e. The van der Waals surface area contributed by atoms with E-state index in [2.05, 4.69) is 19.7 Å². The fourth-order valence-electron chi connectivity index (χ4n) is 3.04. The summed E-state index contributed by atoms with van der Waals surface area (Å²) in [5, 5.41) is -0.0405. The van der Waals surface area contributed by atoms with E-state index in [1.807, 2.05) is 31.5 Å². The Labute approximate surface area is 168 Å². The Hall–Kier alpha value is -3.40. The lowest BCUT2D eigenvalue weighted by atomic mass is 10.1. The average molecular weight is 412 g/mol. The van der Waals surface area contributed by atoms with Gasteiger partial charge in [0.15, 0.2) is 5.03 Å². The number of fused-ring (bicyclic) bond motifs is 1. The Morgan fingerprint density at radius 3 is 2.72 bits per heavy atom. The summed E-state index contributed by atoms with van der Waals surface area (Å²) in [7, 11) is -2.40. The van der Waals surface area contributed by atoms with Gasteiger partial charge in [0.1, 0.15) is 11.6 Å². The molecule has 0 saturated carbocycles. The van der Waals surface area contributed by atoms with Gasteiger partial charge in [-0.05, 0) is 38.1 Å². The van der Waals surface area contributed by atoms with Gasteiger partial charge in [0.25, 0.3) is 10.0 Å². The standard InChI is InChI=1S/C19H20N6O3S/c1-4-24-12-18(21-13(24)2)29(26,27)23-15-10-14(6-7-17(15)28-3)16-11-25-9-5-8-20-19(25)22-16/h5-12,23H,4H2,1-3H3. The SMILES string of the molecule is CCn1cc(S(=O)(=O)Nc2cc(-c3cn4cccnc4n3)ccc2OC)nc1C. The zero-order valence-corrected chi connectivity index (χ0v) is 17.0. The lowest BCUT2D eigenvalue weighted by Crippen LogP contribution is -2.14. The number of rotatable bonds is 6. The Morgan fingerprint density at radius 2 is 2.03 bits per heavy atom. The Morgan fingerprint density at radius 1 is 1.21 bits per heavy atom. The zero-order valence-electron chi connectivity index (χ0n) is 16.2. The van der Waals surface area contributed by atoms with Crippen LogP contribution in [0.25, 0.3) is 17.0 Å². The third-order valence-corrected chi connectivity index (χ3v) is 5.78. The molecule has 0 spiro atoms. The minimum absolute atomic E-state index is 0.0405. The van der Waals surface area contributed by atoms with Crippen LogP contribution >= 0.6 is 0 Å². The fourth-order valence-corrected chi connectivity index (χ4v) is 4.11. The molecule has 0 aliphatic rings. The highest BCUT2D eigenvalue weighted by Gasteiger charge is 2.21. The van der Waals surface area contributed by atoms with Crippen molar-refractivity contribution in [3.8, 4) is 17.0 Å². The first-order valence-corrected chi connectivity index (χ1v) is 10.4. The van der Waals surface area contributed by atoms with Gasteiger partial charge in [0.2, 0.25) is 5.78 Å². The number of nitrogens with one attached hydrogen (secondary N) is 1. The van der Waals surface area contributed by atoms with E-state index in [1.54, 1.807) is 34.2 Å². The molecule has 4 rings (SSSR count). The first-order valence-electron chi connectivity index (χ1n) is 8.96. The molecule has 10 heteroatoms. The number of ether oxygens (including phenoxy) is 1. The molecule has 4 aromatic rings. The summed E-state index contributed by atoms with van der Waals surface area (Å²) < 4.78 is 37.2. The topological polar surface area (TPSA) is 103 Å². The molecule has 0 radical (unpaired) electrons. The van der Waals surface area contributed by atoms with Crippen molar-refractivity contribution in [2.45, 2.75) is 25.4 Å². The molecule has 0 saturated heterocycles. The van der Waals surface area contributed by atoms with Gasteiger partial charge < -0.3 is 9.30 Å². The lowest BCUT2D eigenvalue weighted by molar-refractivity contribution is 0.417. The number of hydrogen-bond donors (Lipinski definition) is 1. The number of sulfonamides is 1.